The molecule has 0 spiro atoms. The molecule has 2 N–H and O–H groups in total. The van der Waals surface area contributed by atoms with E-state index in [-0.39, 0.29) is 18.3 Å². The first-order valence-electron chi connectivity index (χ1n) is 5.77. The van der Waals surface area contributed by atoms with Crippen LogP contribution in [0.25, 0.3) is 0 Å². The lowest BCUT2D eigenvalue weighted by Crippen LogP contribution is -2.29. The van der Waals surface area contributed by atoms with Gasteiger partial charge in [0.25, 0.3) is 5.91 Å². The molecular weight excluding hydrogens is 249 g/mol. The Bertz CT molecular complexity index is 566. The summed E-state index contributed by atoms with van der Waals surface area (Å²) >= 11 is 0. The van der Waals surface area contributed by atoms with Gasteiger partial charge in [-0.25, -0.2) is 4.39 Å². The van der Waals surface area contributed by atoms with Gasteiger partial charge < -0.3 is 10.4 Å². The van der Waals surface area contributed by atoms with Crippen molar-refractivity contribution < 1.29 is 14.3 Å². The summed E-state index contributed by atoms with van der Waals surface area (Å²) in [5.41, 5.74) is 0.956. The van der Waals surface area contributed by atoms with Crippen LogP contribution in [0.15, 0.2) is 36.5 Å². The molecule has 100 valence electrons. The van der Waals surface area contributed by atoms with E-state index in [1.807, 2.05) is 0 Å². The van der Waals surface area contributed by atoms with Crippen LogP contribution < -0.4 is 5.32 Å². The number of benzene rings is 1. The Morgan fingerprint density at radius 2 is 2.11 bits per heavy atom. The number of halogens is 1. The second kappa shape index (κ2) is 5.62. The van der Waals surface area contributed by atoms with Gasteiger partial charge in [-0.05, 0) is 23.8 Å². The average Bonchev–Trinajstić information content (AvgIpc) is 2.83. The lowest BCUT2D eigenvalue weighted by molar-refractivity contribution is 0.0907. The van der Waals surface area contributed by atoms with Gasteiger partial charge in [-0.15, -0.1) is 0 Å². The number of carbonyl (C=O) groups is 1. The monoisotopic (exact) mass is 263 g/mol. The van der Waals surface area contributed by atoms with Gasteiger partial charge in [0.1, 0.15) is 11.5 Å². The summed E-state index contributed by atoms with van der Waals surface area (Å²) in [7, 11) is 1.66. The molecule has 1 amide bonds. The second-order valence-electron chi connectivity index (χ2n) is 4.12. The molecule has 0 aliphatic carbocycles. The Labute approximate surface area is 109 Å². The number of hydrogen-bond acceptors (Lipinski definition) is 3. The molecule has 1 atom stereocenters. The third-order valence-corrected chi connectivity index (χ3v) is 2.76. The Morgan fingerprint density at radius 1 is 1.42 bits per heavy atom. The zero-order chi connectivity index (χ0) is 13.8. The number of amides is 1. The van der Waals surface area contributed by atoms with Gasteiger partial charge >= 0.3 is 0 Å². The number of rotatable bonds is 4. The smallest absolute Gasteiger partial charge is 0.269 e. The van der Waals surface area contributed by atoms with Crippen LogP contribution in [0.3, 0.4) is 0 Å². The number of carbonyl (C=O) groups excluding carboxylic acids is 1. The standard InChI is InChI=1S/C13H14FN3O2/c1-17-11(6-7-16-17)13(19)15-8-12(18)9-2-4-10(14)5-3-9/h2-7,12,18H,8H2,1H3,(H,15,19). The van der Waals surface area contributed by atoms with Gasteiger partial charge in [0.2, 0.25) is 0 Å². The number of aliphatic hydroxyl groups is 1. The van der Waals surface area contributed by atoms with E-state index >= 15 is 0 Å². The fourth-order valence-electron chi connectivity index (χ4n) is 1.68. The Balaban J connectivity index is 1.94. The van der Waals surface area contributed by atoms with E-state index in [1.54, 1.807) is 13.1 Å². The zero-order valence-corrected chi connectivity index (χ0v) is 10.4. The van der Waals surface area contributed by atoms with Crippen molar-refractivity contribution in [1.82, 2.24) is 15.1 Å². The minimum Gasteiger partial charge on any atom is -0.387 e. The van der Waals surface area contributed by atoms with Gasteiger partial charge in [-0.2, -0.15) is 5.10 Å². The maximum Gasteiger partial charge on any atom is 0.269 e. The SMILES string of the molecule is Cn1nccc1C(=O)NCC(O)c1ccc(F)cc1. The summed E-state index contributed by atoms with van der Waals surface area (Å²) in [4.78, 5) is 11.8. The molecular formula is C13H14FN3O2. The van der Waals surface area contributed by atoms with Crippen LogP contribution >= 0.6 is 0 Å². The van der Waals surface area contributed by atoms with E-state index in [4.69, 9.17) is 0 Å². The minimum absolute atomic E-state index is 0.0512. The first kappa shape index (κ1) is 13.2. The number of aromatic nitrogens is 2. The third-order valence-electron chi connectivity index (χ3n) is 2.76. The van der Waals surface area contributed by atoms with E-state index in [9.17, 15) is 14.3 Å². The average molecular weight is 263 g/mol. The highest BCUT2D eigenvalue weighted by molar-refractivity contribution is 5.92. The Kier molecular flexibility index (Phi) is 3.91. The molecule has 0 bridgehead atoms. The highest BCUT2D eigenvalue weighted by Gasteiger charge is 2.13. The number of aliphatic hydroxyl groups excluding tert-OH is 1. The highest BCUT2D eigenvalue weighted by atomic mass is 19.1. The number of nitrogens with one attached hydrogen (secondary N) is 1. The molecule has 0 aliphatic heterocycles. The number of aryl methyl sites for hydroxylation is 1. The molecule has 6 heteroatoms. The summed E-state index contributed by atoms with van der Waals surface area (Å²) in [6.45, 7) is 0.0512. The van der Waals surface area contributed by atoms with Gasteiger partial charge in [-0.1, -0.05) is 12.1 Å². The van der Waals surface area contributed by atoms with E-state index < -0.39 is 6.10 Å². The maximum absolute atomic E-state index is 12.7. The predicted molar refractivity (Wildman–Crippen MR) is 66.9 cm³/mol. The van der Waals surface area contributed by atoms with Crippen molar-refractivity contribution in [1.29, 1.82) is 0 Å². The van der Waals surface area contributed by atoms with Crippen molar-refractivity contribution in [3.8, 4) is 0 Å². The Morgan fingerprint density at radius 3 is 2.68 bits per heavy atom. The largest absolute Gasteiger partial charge is 0.387 e. The first-order chi connectivity index (χ1) is 9.08. The molecule has 1 unspecified atom stereocenters. The molecule has 0 fully saturated rings. The molecule has 1 aromatic heterocycles. The first-order valence-corrected chi connectivity index (χ1v) is 5.77. The summed E-state index contributed by atoms with van der Waals surface area (Å²) in [6.07, 6.45) is 0.642. The van der Waals surface area contributed by atoms with E-state index in [2.05, 4.69) is 10.4 Å². The van der Waals surface area contributed by atoms with E-state index in [0.717, 1.165) is 0 Å². The summed E-state index contributed by atoms with van der Waals surface area (Å²) in [5, 5.41) is 16.3. The van der Waals surface area contributed by atoms with Crippen LogP contribution in [-0.4, -0.2) is 27.3 Å². The molecule has 2 rings (SSSR count). The maximum atomic E-state index is 12.7. The van der Waals surface area contributed by atoms with Crippen LogP contribution in [0.2, 0.25) is 0 Å². The molecule has 19 heavy (non-hydrogen) atoms. The lowest BCUT2D eigenvalue weighted by atomic mass is 10.1. The fraction of sp³-hybridized carbons (Fsp3) is 0.231. The van der Waals surface area contributed by atoms with Crippen LogP contribution in [0.1, 0.15) is 22.2 Å². The summed E-state index contributed by atoms with van der Waals surface area (Å²) in [5.74, 6) is -0.684. The fourth-order valence-corrected chi connectivity index (χ4v) is 1.68. The van der Waals surface area contributed by atoms with E-state index in [1.165, 1.54) is 35.1 Å². The molecule has 5 nitrogen and oxygen atoms in total. The van der Waals surface area contributed by atoms with Crippen molar-refractivity contribution in [3.05, 3.63) is 53.6 Å². The topological polar surface area (TPSA) is 67.2 Å². The normalized spacial score (nSPS) is 12.2. The second-order valence-corrected chi connectivity index (χ2v) is 4.12. The summed E-state index contributed by atoms with van der Waals surface area (Å²) < 4.78 is 14.2. The quantitative estimate of drug-likeness (QED) is 0.865. The Hall–Kier alpha value is -2.21. The van der Waals surface area contributed by atoms with Crippen molar-refractivity contribution in [2.45, 2.75) is 6.10 Å². The molecule has 2 aromatic rings. The molecule has 1 heterocycles. The van der Waals surface area contributed by atoms with Gasteiger partial charge in [-0.3, -0.25) is 9.48 Å². The van der Waals surface area contributed by atoms with E-state index in [0.29, 0.717) is 11.3 Å². The van der Waals surface area contributed by atoms with Gasteiger partial charge in [0.05, 0.1) is 6.10 Å². The number of nitrogens with zero attached hydrogens (tertiary/aromatic N) is 2. The van der Waals surface area contributed by atoms with Crippen LogP contribution in [-0.2, 0) is 7.05 Å². The predicted octanol–water partition coefficient (Wildman–Crippen LogP) is 1.02. The van der Waals surface area contributed by atoms with Gasteiger partial charge in [0.15, 0.2) is 0 Å². The highest BCUT2D eigenvalue weighted by Crippen LogP contribution is 2.12. The van der Waals surface area contributed by atoms with Crippen LogP contribution in [0.5, 0.6) is 0 Å². The third kappa shape index (κ3) is 3.17. The molecule has 0 saturated carbocycles. The lowest BCUT2D eigenvalue weighted by Gasteiger charge is -2.12. The minimum atomic E-state index is -0.877. The van der Waals surface area contributed by atoms with Crippen LogP contribution in [0.4, 0.5) is 4.39 Å². The van der Waals surface area contributed by atoms with Crippen molar-refractivity contribution >= 4 is 5.91 Å². The molecule has 0 radical (unpaired) electrons. The zero-order valence-electron chi connectivity index (χ0n) is 10.4. The van der Waals surface area contributed by atoms with Crippen LogP contribution in [0, 0.1) is 5.82 Å². The van der Waals surface area contributed by atoms with Crippen molar-refractivity contribution in [3.63, 3.8) is 0 Å². The number of hydrogen-bond donors (Lipinski definition) is 2. The van der Waals surface area contributed by atoms with Gasteiger partial charge in [0, 0.05) is 19.8 Å². The molecule has 0 aliphatic rings. The molecule has 1 aromatic carbocycles. The van der Waals surface area contributed by atoms with Crippen molar-refractivity contribution in [2.24, 2.45) is 7.05 Å². The summed E-state index contributed by atoms with van der Waals surface area (Å²) in [6, 6.07) is 7.08. The van der Waals surface area contributed by atoms with Crippen molar-refractivity contribution in [2.75, 3.05) is 6.54 Å². The molecule has 0 saturated heterocycles.